The minimum atomic E-state index is -3.05. The summed E-state index contributed by atoms with van der Waals surface area (Å²) in [4.78, 5) is 0. The molecule has 0 saturated heterocycles. The Hall–Kier alpha value is -1.03. The van der Waals surface area contributed by atoms with Crippen molar-refractivity contribution >= 4 is 15.5 Å². The van der Waals surface area contributed by atoms with Crippen LogP contribution >= 0.6 is 0 Å². The number of anilines is 1. The summed E-state index contributed by atoms with van der Waals surface area (Å²) in [5.41, 5.74) is 3.91. The molecule has 0 bridgehead atoms. The van der Waals surface area contributed by atoms with Crippen LogP contribution in [0, 0.1) is 0 Å². The van der Waals surface area contributed by atoms with Gasteiger partial charge in [0, 0.05) is 12.2 Å². The Labute approximate surface area is 122 Å². The molecule has 3 nitrogen and oxygen atoms in total. The lowest BCUT2D eigenvalue weighted by molar-refractivity contribution is 0.560. The average Bonchev–Trinajstić information content (AvgIpc) is 2.37. The maximum atomic E-state index is 12.1. The van der Waals surface area contributed by atoms with Crippen molar-refractivity contribution in [1.29, 1.82) is 0 Å². The second-order valence-corrected chi connectivity index (χ2v) is 9.37. The quantitative estimate of drug-likeness (QED) is 0.928. The normalized spacial score (nSPS) is 15.8. The Morgan fingerprint density at radius 2 is 1.85 bits per heavy atom. The van der Waals surface area contributed by atoms with E-state index >= 15 is 0 Å². The number of hydrogen-bond donors (Lipinski definition) is 1. The number of benzene rings is 1. The van der Waals surface area contributed by atoms with Crippen LogP contribution in [0.1, 0.15) is 44.7 Å². The van der Waals surface area contributed by atoms with Gasteiger partial charge in [-0.05, 0) is 63.6 Å². The Bertz CT molecular complexity index is 571. The summed E-state index contributed by atoms with van der Waals surface area (Å²) in [5, 5.41) is 3.32. The molecule has 0 amide bonds. The van der Waals surface area contributed by atoms with Crippen molar-refractivity contribution in [2.45, 2.75) is 51.2 Å². The molecule has 1 aliphatic carbocycles. The van der Waals surface area contributed by atoms with Gasteiger partial charge >= 0.3 is 0 Å². The number of aryl methyl sites for hydroxylation is 1. The van der Waals surface area contributed by atoms with Crippen LogP contribution in [0.5, 0.6) is 0 Å². The van der Waals surface area contributed by atoms with Crippen LogP contribution in [0.15, 0.2) is 18.2 Å². The molecule has 0 spiro atoms. The first-order valence-corrected chi connectivity index (χ1v) is 9.03. The summed E-state index contributed by atoms with van der Waals surface area (Å²) in [5.74, 6) is 0.181. The summed E-state index contributed by atoms with van der Waals surface area (Å²) in [6, 6.07) is 6.31. The highest BCUT2D eigenvalue weighted by Gasteiger charge is 2.28. The third-order valence-electron chi connectivity index (χ3n) is 4.02. The second kappa shape index (κ2) is 5.76. The average molecular weight is 295 g/mol. The molecular formula is C16H25NO2S. The van der Waals surface area contributed by atoms with Gasteiger partial charge in [0.05, 0.1) is 10.5 Å². The molecule has 0 aliphatic heterocycles. The first kappa shape index (κ1) is 15.4. The minimum absolute atomic E-state index is 0.181. The van der Waals surface area contributed by atoms with Gasteiger partial charge in [-0.3, -0.25) is 0 Å². The SMILES string of the molecule is CC(C)(C)S(=O)(=O)CCNc1cccc2c1CCCC2. The van der Waals surface area contributed by atoms with E-state index in [4.69, 9.17) is 0 Å². The van der Waals surface area contributed by atoms with Crippen molar-refractivity contribution in [3.8, 4) is 0 Å². The molecule has 0 fully saturated rings. The largest absolute Gasteiger partial charge is 0.384 e. The van der Waals surface area contributed by atoms with E-state index in [-0.39, 0.29) is 5.75 Å². The number of fused-ring (bicyclic) bond motifs is 1. The third-order valence-corrected chi connectivity index (χ3v) is 6.62. The first-order chi connectivity index (χ1) is 9.31. The van der Waals surface area contributed by atoms with E-state index in [1.165, 1.54) is 24.0 Å². The Morgan fingerprint density at radius 1 is 1.15 bits per heavy atom. The van der Waals surface area contributed by atoms with Crippen LogP contribution in [0.4, 0.5) is 5.69 Å². The molecule has 1 aromatic carbocycles. The van der Waals surface area contributed by atoms with Gasteiger partial charge in [-0.15, -0.1) is 0 Å². The maximum Gasteiger partial charge on any atom is 0.156 e. The van der Waals surface area contributed by atoms with Crippen molar-refractivity contribution in [1.82, 2.24) is 0 Å². The lowest BCUT2D eigenvalue weighted by atomic mass is 9.90. The molecule has 0 unspecified atom stereocenters. The van der Waals surface area contributed by atoms with E-state index in [1.807, 2.05) is 0 Å². The summed E-state index contributed by atoms with van der Waals surface area (Å²) >= 11 is 0. The van der Waals surface area contributed by atoms with Crippen molar-refractivity contribution in [2.75, 3.05) is 17.6 Å². The summed E-state index contributed by atoms with van der Waals surface area (Å²) < 4.78 is 23.5. The van der Waals surface area contributed by atoms with Gasteiger partial charge in [0.2, 0.25) is 0 Å². The van der Waals surface area contributed by atoms with Gasteiger partial charge in [0.15, 0.2) is 9.84 Å². The highest BCUT2D eigenvalue weighted by Crippen LogP contribution is 2.27. The highest BCUT2D eigenvalue weighted by atomic mass is 32.2. The molecule has 0 heterocycles. The Balaban J connectivity index is 2.02. The standard InChI is InChI=1S/C16H25NO2S/c1-16(2,3)20(18,19)12-11-17-15-10-6-8-13-7-4-5-9-14(13)15/h6,8,10,17H,4-5,7,9,11-12H2,1-3H3. The number of sulfone groups is 1. The predicted molar refractivity (Wildman–Crippen MR) is 85.1 cm³/mol. The molecule has 0 radical (unpaired) electrons. The van der Waals surface area contributed by atoms with Crippen molar-refractivity contribution in [3.05, 3.63) is 29.3 Å². The van der Waals surface area contributed by atoms with Gasteiger partial charge in [-0.1, -0.05) is 12.1 Å². The fraction of sp³-hybridized carbons (Fsp3) is 0.625. The molecule has 2 rings (SSSR count). The highest BCUT2D eigenvalue weighted by molar-refractivity contribution is 7.92. The van der Waals surface area contributed by atoms with Crippen LogP contribution in [-0.2, 0) is 22.7 Å². The van der Waals surface area contributed by atoms with Gasteiger partial charge in [-0.2, -0.15) is 0 Å². The first-order valence-electron chi connectivity index (χ1n) is 7.38. The number of nitrogens with one attached hydrogen (secondary N) is 1. The molecule has 0 aromatic heterocycles. The molecule has 1 aromatic rings. The molecule has 0 saturated carbocycles. The van der Waals surface area contributed by atoms with Crippen LogP contribution < -0.4 is 5.32 Å². The van der Waals surface area contributed by atoms with E-state index in [0.29, 0.717) is 6.54 Å². The Kier molecular flexibility index (Phi) is 4.43. The van der Waals surface area contributed by atoms with Crippen LogP contribution in [0.3, 0.4) is 0 Å². The van der Waals surface area contributed by atoms with Gasteiger partial charge in [0.1, 0.15) is 0 Å². The topological polar surface area (TPSA) is 46.2 Å². The summed E-state index contributed by atoms with van der Waals surface area (Å²) in [7, 11) is -3.05. The zero-order chi connectivity index (χ0) is 14.8. The zero-order valence-corrected chi connectivity index (χ0v) is 13.5. The monoisotopic (exact) mass is 295 g/mol. The number of rotatable bonds is 4. The number of hydrogen-bond acceptors (Lipinski definition) is 3. The van der Waals surface area contributed by atoms with Gasteiger partial charge < -0.3 is 5.32 Å². The van der Waals surface area contributed by atoms with E-state index in [9.17, 15) is 8.42 Å². The van der Waals surface area contributed by atoms with Crippen LogP contribution in [-0.4, -0.2) is 25.5 Å². The third kappa shape index (κ3) is 3.35. The molecule has 20 heavy (non-hydrogen) atoms. The van der Waals surface area contributed by atoms with Gasteiger partial charge in [0.25, 0.3) is 0 Å². The molecule has 1 aliphatic rings. The van der Waals surface area contributed by atoms with Crippen molar-refractivity contribution in [2.24, 2.45) is 0 Å². The summed E-state index contributed by atoms with van der Waals surface area (Å²) in [6.07, 6.45) is 4.73. The maximum absolute atomic E-state index is 12.1. The fourth-order valence-corrected chi connectivity index (χ4v) is 3.56. The van der Waals surface area contributed by atoms with Crippen LogP contribution in [0.2, 0.25) is 0 Å². The van der Waals surface area contributed by atoms with Crippen molar-refractivity contribution in [3.63, 3.8) is 0 Å². The van der Waals surface area contributed by atoms with E-state index in [1.54, 1.807) is 20.8 Å². The smallest absolute Gasteiger partial charge is 0.156 e. The zero-order valence-electron chi connectivity index (χ0n) is 12.7. The van der Waals surface area contributed by atoms with E-state index in [0.717, 1.165) is 18.5 Å². The minimum Gasteiger partial charge on any atom is -0.384 e. The summed E-state index contributed by atoms with van der Waals surface area (Å²) in [6.45, 7) is 5.75. The second-order valence-electron chi connectivity index (χ2n) is 6.51. The van der Waals surface area contributed by atoms with E-state index in [2.05, 4.69) is 23.5 Å². The van der Waals surface area contributed by atoms with Gasteiger partial charge in [-0.25, -0.2) is 8.42 Å². The van der Waals surface area contributed by atoms with Crippen LogP contribution in [0.25, 0.3) is 0 Å². The predicted octanol–water partition coefficient (Wildman–Crippen LogP) is 3.19. The molecule has 1 N–H and O–H groups in total. The molecule has 0 atom stereocenters. The lowest BCUT2D eigenvalue weighted by Gasteiger charge is -2.22. The lowest BCUT2D eigenvalue weighted by Crippen LogP contribution is -2.33. The van der Waals surface area contributed by atoms with Crippen molar-refractivity contribution < 1.29 is 8.42 Å². The fourth-order valence-electron chi connectivity index (χ4n) is 2.57. The molecule has 4 heteroatoms. The molecule has 112 valence electrons. The molecular weight excluding hydrogens is 270 g/mol. The van der Waals surface area contributed by atoms with E-state index < -0.39 is 14.6 Å². The Morgan fingerprint density at radius 3 is 2.55 bits per heavy atom.